The Bertz CT molecular complexity index is 1760. The first-order valence-electron chi connectivity index (χ1n) is 18.3. The number of benzene rings is 6. The maximum absolute atomic E-state index is 14.1. The summed E-state index contributed by atoms with van der Waals surface area (Å²) >= 11 is 0. The molecule has 6 rings (SSSR count). The largest absolute Gasteiger partial charge is 0.480 e. The quantitative estimate of drug-likeness (QED) is 0.0806. The van der Waals surface area contributed by atoms with E-state index in [0.29, 0.717) is 0 Å². The maximum atomic E-state index is 14.1. The predicted molar refractivity (Wildman–Crippen MR) is 215 cm³/mol. The molecule has 0 fully saturated rings. The zero-order chi connectivity index (χ0) is 37.4. The summed E-state index contributed by atoms with van der Waals surface area (Å²) in [5.41, 5.74) is 3.41. The van der Waals surface area contributed by atoms with E-state index in [2.05, 4.69) is 29.8 Å². The SMILES string of the molecule is CCNCC.O=C(CCC(NC(c1ccccc1)(c1ccccc1)c1ccccc1)C(=O)O)NC(c1ccccc1)(c1ccccc1)c1ccccc1. The van der Waals surface area contributed by atoms with Crippen molar-refractivity contribution in [2.45, 2.75) is 43.8 Å². The fourth-order valence-corrected chi connectivity index (χ4v) is 6.91. The third-order valence-corrected chi connectivity index (χ3v) is 9.42. The Morgan fingerprint density at radius 1 is 0.491 bits per heavy atom. The molecule has 0 saturated heterocycles. The molecule has 6 heteroatoms. The number of carboxylic acids is 1. The summed E-state index contributed by atoms with van der Waals surface area (Å²) in [4.78, 5) is 27.2. The van der Waals surface area contributed by atoms with Gasteiger partial charge >= 0.3 is 5.97 Å². The normalized spacial score (nSPS) is 11.8. The highest BCUT2D eigenvalue weighted by molar-refractivity contribution is 5.81. The first-order valence-corrected chi connectivity index (χ1v) is 18.3. The molecule has 0 saturated carbocycles. The second-order valence-electron chi connectivity index (χ2n) is 12.8. The summed E-state index contributed by atoms with van der Waals surface area (Å²) < 4.78 is 0. The molecule has 1 amide bonds. The lowest BCUT2D eigenvalue weighted by Gasteiger charge is -2.39. The molecule has 0 aliphatic carbocycles. The summed E-state index contributed by atoms with van der Waals surface area (Å²) in [6.45, 7) is 6.39. The molecular weight excluding hydrogens is 655 g/mol. The molecular formula is C47H49N3O3. The van der Waals surface area contributed by atoms with E-state index in [-0.39, 0.29) is 18.7 Å². The summed E-state index contributed by atoms with van der Waals surface area (Å²) in [5, 5.41) is 20.7. The molecule has 53 heavy (non-hydrogen) atoms. The van der Waals surface area contributed by atoms with Crippen molar-refractivity contribution < 1.29 is 14.7 Å². The molecule has 1 unspecified atom stereocenters. The van der Waals surface area contributed by atoms with Crippen LogP contribution in [0.15, 0.2) is 182 Å². The molecule has 0 aliphatic rings. The van der Waals surface area contributed by atoms with Gasteiger partial charge in [-0.1, -0.05) is 196 Å². The van der Waals surface area contributed by atoms with Crippen molar-refractivity contribution in [2.24, 2.45) is 0 Å². The van der Waals surface area contributed by atoms with Gasteiger partial charge in [-0.15, -0.1) is 0 Å². The highest BCUT2D eigenvalue weighted by atomic mass is 16.4. The van der Waals surface area contributed by atoms with E-state index in [1.165, 1.54) is 0 Å². The van der Waals surface area contributed by atoms with Crippen LogP contribution in [0.5, 0.6) is 0 Å². The third-order valence-electron chi connectivity index (χ3n) is 9.42. The number of carbonyl (C=O) groups is 2. The summed E-state index contributed by atoms with van der Waals surface area (Å²) in [6, 6.07) is 58.2. The lowest BCUT2D eigenvalue weighted by atomic mass is 9.76. The van der Waals surface area contributed by atoms with Crippen LogP contribution in [0.1, 0.15) is 60.1 Å². The number of nitrogens with one attached hydrogen (secondary N) is 3. The predicted octanol–water partition coefficient (Wildman–Crippen LogP) is 8.53. The van der Waals surface area contributed by atoms with Crippen LogP contribution in [-0.2, 0) is 20.7 Å². The van der Waals surface area contributed by atoms with Crippen LogP contribution in [0, 0.1) is 0 Å². The van der Waals surface area contributed by atoms with Gasteiger partial charge in [0.1, 0.15) is 11.6 Å². The molecule has 0 heterocycles. The molecule has 0 radical (unpaired) electrons. The van der Waals surface area contributed by atoms with Crippen LogP contribution < -0.4 is 16.0 Å². The van der Waals surface area contributed by atoms with E-state index in [9.17, 15) is 14.7 Å². The van der Waals surface area contributed by atoms with Gasteiger partial charge in [-0.05, 0) is 52.9 Å². The van der Waals surface area contributed by atoms with Crippen molar-refractivity contribution in [1.82, 2.24) is 16.0 Å². The summed E-state index contributed by atoms with van der Waals surface area (Å²) in [6.07, 6.45) is 0.0382. The van der Waals surface area contributed by atoms with E-state index in [1.807, 2.05) is 182 Å². The first kappa shape index (κ1) is 38.4. The Morgan fingerprint density at radius 2 is 0.774 bits per heavy atom. The molecule has 0 aromatic heterocycles. The number of carbonyl (C=O) groups excluding carboxylic acids is 1. The van der Waals surface area contributed by atoms with E-state index in [4.69, 9.17) is 0 Å². The van der Waals surface area contributed by atoms with Gasteiger partial charge in [-0.25, -0.2) is 0 Å². The monoisotopic (exact) mass is 703 g/mol. The van der Waals surface area contributed by atoms with E-state index < -0.39 is 23.1 Å². The molecule has 270 valence electrons. The highest BCUT2D eigenvalue weighted by Gasteiger charge is 2.41. The van der Waals surface area contributed by atoms with Crippen LogP contribution in [0.4, 0.5) is 0 Å². The molecule has 6 aromatic rings. The fourth-order valence-electron chi connectivity index (χ4n) is 6.91. The molecule has 0 bridgehead atoms. The Kier molecular flexibility index (Phi) is 13.9. The van der Waals surface area contributed by atoms with Gasteiger partial charge in [-0.2, -0.15) is 0 Å². The van der Waals surface area contributed by atoms with Gasteiger partial charge in [0.05, 0.1) is 5.54 Å². The Labute approximate surface area is 314 Å². The maximum Gasteiger partial charge on any atom is 0.320 e. The Balaban J connectivity index is 0.00000101. The van der Waals surface area contributed by atoms with E-state index >= 15 is 0 Å². The molecule has 0 aliphatic heterocycles. The van der Waals surface area contributed by atoms with Gasteiger partial charge in [-0.3, -0.25) is 14.9 Å². The van der Waals surface area contributed by atoms with Gasteiger partial charge in [0, 0.05) is 6.42 Å². The lowest BCUT2D eigenvalue weighted by molar-refractivity contribution is -0.140. The van der Waals surface area contributed by atoms with Crippen molar-refractivity contribution in [3.63, 3.8) is 0 Å². The van der Waals surface area contributed by atoms with Crippen LogP contribution in [0.25, 0.3) is 0 Å². The van der Waals surface area contributed by atoms with Crippen molar-refractivity contribution in [3.05, 3.63) is 215 Å². The zero-order valence-electron chi connectivity index (χ0n) is 30.5. The van der Waals surface area contributed by atoms with Gasteiger partial charge < -0.3 is 15.7 Å². The van der Waals surface area contributed by atoms with Gasteiger partial charge in [0.2, 0.25) is 5.91 Å². The third kappa shape index (κ3) is 9.16. The highest BCUT2D eigenvalue weighted by Crippen LogP contribution is 2.39. The van der Waals surface area contributed by atoms with Crippen molar-refractivity contribution in [2.75, 3.05) is 13.1 Å². The van der Waals surface area contributed by atoms with Crippen molar-refractivity contribution in [1.29, 1.82) is 0 Å². The number of amides is 1. The summed E-state index contributed by atoms with van der Waals surface area (Å²) in [7, 11) is 0. The van der Waals surface area contributed by atoms with Crippen LogP contribution >= 0.6 is 0 Å². The molecule has 6 nitrogen and oxygen atoms in total. The molecule has 6 aromatic carbocycles. The number of rotatable bonds is 15. The van der Waals surface area contributed by atoms with Crippen molar-refractivity contribution >= 4 is 11.9 Å². The Morgan fingerprint density at radius 3 is 1.02 bits per heavy atom. The average molecular weight is 704 g/mol. The fraction of sp³-hybridized carbons (Fsp3) is 0.191. The van der Waals surface area contributed by atoms with E-state index in [1.54, 1.807) is 0 Å². The Hall–Kier alpha value is -5.82. The smallest absolute Gasteiger partial charge is 0.320 e. The van der Waals surface area contributed by atoms with Crippen LogP contribution in [0.3, 0.4) is 0 Å². The average Bonchev–Trinajstić information content (AvgIpc) is 3.22. The minimum absolute atomic E-state index is 0.0212. The molecule has 4 N–H and O–H groups in total. The summed E-state index contributed by atoms with van der Waals surface area (Å²) in [5.74, 6) is -1.29. The van der Waals surface area contributed by atoms with E-state index in [0.717, 1.165) is 46.5 Å². The van der Waals surface area contributed by atoms with Crippen LogP contribution in [-0.4, -0.2) is 36.1 Å². The van der Waals surface area contributed by atoms with Gasteiger partial charge in [0.15, 0.2) is 0 Å². The standard InChI is InChI=1S/C43H38N2O3.C4H11N/c46-40(45-43(36-25-13-4-14-26-36,37-27-15-5-16-28-37)38-29-17-6-18-30-38)32-31-39(41(47)48)44-42(33-19-7-1-8-20-33,34-21-9-2-10-22-34)35-23-11-3-12-24-35;1-3-5-4-2/h1-30,39,44H,31-32H2,(H,45,46)(H,47,48);5H,3-4H2,1-2H3. The lowest BCUT2D eigenvalue weighted by Crippen LogP contribution is -2.53. The minimum Gasteiger partial charge on any atom is -0.480 e. The second-order valence-corrected chi connectivity index (χ2v) is 12.8. The number of carboxylic acid groups (broad SMARTS) is 1. The minimum atomic E-state index is -1.06. The van der Waals surface area contributed by atoms with Crippen LogP contribution in [0.2, 0.25) is 0 Å². The number of hydrogen-bond donors (Lipinski definition) is 4. The first-order chi connectivity index (χ1) is 26.0. The zero-order valence-corrected chi connectivity index (χ0v) is 30.5. The molecule has 1 atom stereocenters. The topological polar surface area (TPSA) is 90.5 Å². The van der Waals surface area contributed by atoms with Gasteiger partial charge in [0.25, 0.3) is 0 Å². The van der Waals surface area contributed by atoms with Crippen molar-refractivity contribution in [3.8, 4) is 0 Å². The molecule has 0 spiro atoms. The number of hydrogen-bond acceptors (Lipinski definition) is 4. The second kappa shape index (κ2) is 19.1. The number of aliphatic carboxylic acids is 1.